The van der Waals surface area contributed by atoms with Gasteiger partial charge in [-0.1, -0.05) is 20.3 Å². The van der Waals surface area contributed by atoms with Gasteiger partial charge < -0.3 is 4.98 Å². The third-order valence-corrected chi connectivity index (χ3v) is 4.62. The van der Waals surface area contributed by atoms with Crippen molar-refractivity contribution in [1.29, 1.82) is 0 Å². The SMILES string of the molecule is CCCC1CCc2nc3nc(CC)[nH]c3cc2SN1. The maximum absolute atomic E-state index is 4.74. The lowest BCUT2D eigenvalue weighted by atomic mass is 10.1. The third-order valence-electron chi connectivity index (χ3n) is 3.60. The van der Waals surface area contributed by atoms with E-state index in [0.717, 1.165) is 36.3 Å². The Kier molecular flexibility index (Phi) is 3.75. The average Bonchev–Trinajstić information content (AvgIpc) is 2.73. The normalized spacial score (nSPS) is 19.4. The maximum atomic E-state index is 4.74. The van der Waals surface area contributed by atoms with Crippen LogP contribution in [-0.4, -0.2) is 21.0 Å². The van der Waals surface area contributed by atoms with Crippen molar-refractivity contribution in [2.45, 2.75) is 56.9 Å². The summed E-state index contributed by atoms with van der Waals surface area (Å²) in [6.45, 7) is 4.34. The quantitative estimate of drug-likeness (QED) is 0.845. The van der Waals surface area contributed by atoms with Gasteiger partial charge in [-0.3, -0.25) is 4.72 Å². The Morgan fingerprint density at radius 1 is 1.37 bits per heavy atom. The molecule has 1 unspecified atom stereocenters. The molecule has 0 amide bonds. The fourth-order valence-electron chi connectivity index (χ4n) is 2.51. The number of rotatable bonds is 3. The molecule has 19 heavy (non-hydrogen) atoms. The van der Waals surface area contributed by atoms with Gasteiger partial charge in [-0.05, 0) is 37.3 Å². The fourth-order valence-corrected chi connectivity index (χ4v) is 3.49. The van der Waals surface area contributed by atoms with Crippen LogP contribution in [-0.2, 0) is 12.8 Å². The summed E-state index contributed by atoms with van der Waals surface area (Å²) in [4.78, 5) is 13.8. The molecule has 0 aliphatic carbocycles. The molecule has 0 aromatic carbocycles. The van der Waals surface area contributed by atoms with Gasteiger partial charge in [0.15, 0.2) is 5.65 Å². The zero-order valence-electron chi connectivity index (χ0n) is 11.5. The Labute approximate surface area is 117 Å². The van der Waals surface area contributed by atoms with E-state index in [1.165, 1.54) is 23.4 Å². The zero-order valence-corrected chi connectivity index (χ0v) is 12.3. The molecule has 0 radical (unpaired) electrons. The summed E-state index contributed by atoms with van der Waals surface area (Å²) in [5, 5.41) is 0. The van der Waals surface area contributed by atoms with Crippen molar-refractivity contribution >= 4 is 23.1 Å². The van der Waals surface area contributed by atoms with Gasteiger partial charge in [0.1, 0.15) is 5.82 Å². The molecule has 1 atom stereocenters. The molecule has 4 nitrogen and oxygen atoms in total. The van der Waals surface area contributed by atoms with E-state index in [4.69, 9.17) is 4.98 Å². The Bertz CT molecular complexity index is 533. The summed E-state index contributed by atoms with van der Waals surface area (Å²) in [5.41, 5.74) is 3.11. The number of nitrogens with one attached hydrogen (secondary N) is 2. The number of fused-ring (bicyclic) bond motifs is 2. The lowest BCUT2D eigenvalue weighted by Gasteiger charge is -2.12. The Balaban J connectivity index is 1.91. The molecular weight excluding hydrogens is 256 g/mol. The summed E-state index contributed by atoms with van der Waals surface area (Å²) in [5.74, 6) is 1.02. The number of aromatic amines is 1. The van der Waals surface area contributed by atoms with E-state index in [0.29, 0.717) is 6.04 Å². The number of imidazole rings is 1. The van der Waals surface area contributed by atoms with Crippen LogP contribution in [0.4, 0.5) is 0 Å². The minimum Gasteiger partial charge on any atom is -0.341 e. The molecule has 5 heteroatoms. The topological polar surface area (TPSA) is 53.6 Å². The first-order chi connectivity index (χ1) is 9.30. The fraction of sp³-hybridized carbons (Fsp3) is 0.571. The second kappa shape index (κ2) is 5.51. The number of hydrogen-bond donors (Lipinski definition) is 2. The number of H-pyrrole nitrogens is 1. The lowest BCUT2D eigenvalue weighted by molar-refractivity contribution is 0.533. The number of nitrogens with zero attached hydrogens (tertiary/aromatic N) is 2. The number of pyridine rings is 1. The Hall–Kier alpha value is -1.07. The molecule has 3 heterocycles. The number of hydrogen-bond acceptors (Lipinski definition) is 4. The monoisotopic (exact) mass is 276 g/mol. The van der Waals surface area contributed by atoms with Gasteiger partial charge in [-0.2, -0.15) is 0 Å². The largest absolute Gasteiger partial charge is 0.341 e. The molecule has 0 spiro atoms. The predicted molar refractivity (Wildman–Crippen MR) is 79.3 cm³/mol. The molecule has 2 N–H and O–H groups in total. The van der Waals surface area contributed by atoms with Crippen molar-refractivity contribution in [3.8, 4) is 0 Å². The smallest absolute Gasteiger partial charge is 0.178 e. The van der Waals surface area contributed by atoms with E-state index in [1.807, 2.05) is 0 Å². The highest BCUT2D eigenvalue weighted by molar-refractivity contribution is 7.97. The highest BCUT2D eigenvalue weighted by Crippen LogP contribution is 2.28. The van der Waals surface area contributed by atoms with E-state index in [-0.39, 0.29) is 0 Å². The average molecular weight is 276 g/mol. The Morgan fingerprint density at radius 3 is 3.05 bits per heavy atom. The summed E-state index contributed by atoms with van der Waals surface area (Å²) in [6, 6.07) is 2.79. The molecule has 1 aliphatic heterocycles. The molecule has 2 aromatic rings. The first-order valence-corrected chi connectivity index (χ1v) is 7.92. The van der Waals surface area contributed by atoms with E-state index >= 15 is 0 Å². The van der Waals surface area contributed by atoms with Gasteiger partial charge in [0.05, 0.1) is 11.2 Å². The van der Waals surface area contributed by atoms with Crippen LogP contribution in [0.5, 0.6) is 0 Å². The molecule has 1 aliphatic rings. The lowest BCUT2D eigenvalue weighted by Crippen LogP contribution is -2.21. The molecule has 0 saturated carbocycles. The molecular formula is C14H20N4S. The molecule has 2 aromatic heterocycles. The van der Waals surface area contributed by atoms with Crippen LogP contribution in [0.3, 0.4) is 0 Å². The molecule has 102 valence electrons. The third kappa shape index (κ3) is 2.62. The number of aryl methyl sites for hydroxylation is 2. The van der Waals surface area contributed by atoms with Gasteiger partial charge in [0, 0.05) is 17.4 Å². The van der Waals surface area contributed by atoms with Crippen molar-refractivity contribution in [2.75, 3.05) is 0 Å². The van der Waals surface area contributed by atoms with Crippen LogP contribution in [0, 0.1) is 0 Å². The Morgan fingerprint density at radius 2 is 2.26 bits per heavy atom. The van der Waals surface area contributed by atoms with Crippen LogP contribution in [0.25, 0.3) is 11.2 Å². The first kappa shape index (κ1) is 12.9. The molecule has 0 saturated heterocycles. The van der Waals surface area contributed by atoms with E-state index in [9.17, 15) is 0 Å². The molecule has 0 fully saturated rings. The van der Waals surface area contributed by atoms with E-state index < -0.39 is 0 Å². The van der Waals surface area contributed by atoms with Crippen molar-refractivity contribution in [3.05, 3.63) is 17.6 Å². The summed E-state index contributed by atoms with van der Waals surface area (Å²) < 4.78 is 3.57. The maximum Gasteiger partial charge on any atom is 0.178 e. The van der Waals surface area contributed by atoms with E-state index in [1.54, 1.807) is 11.9 Å². The van der Waals surface area contributed by atoms with Crippen LogP contribution in [0.15, 0.2) is 11.0 Å². The standard InChI is InChI=1S/C14H20N4S/c1-3-5-9-6-7-10-12(19-18-9)8-11-14(16-10)17-13(4-2)15-11/h8-9,18H,3-7H2,1-2H3,(H,15,16,17). The van der Waals surface area contributed by atoms with Crippen LogP contribution >= 0.6 is 11.9 Å². The van der Waals surface area contributed by atoms with Crippen LogP contribution < -0.4 is 4.72 Å². The minimum atomic E-state index is 0.599. The van der Waals surface area contributed by atoms with Crippen molar-refractivity contribution in [3.63, 3.8) is 0 Å². The summed E-state index contributed by atoms with van der Waals surface area (Å²) in [6.07, 6.45) is 5.59. The van der Waals surface area contributed by atoms with E-state index in [2.05, 4.69) is 34.6 Å². The highest BCUT2D eigenvalue weighted by atomic mass is 32.2. The zero-order chi connectivity index (χ0) is 13.2. The summed E-state index contributed by atoms with van der Waals surface area (Å²) >= 11 is 1.73. The van der Waals surface area contributed by atoms with Crippen molar-refractivity contribution in [1.82, 2.24) is 19.7 Å². The van der Waals surface area contributed by atoms with Gasteiger partial charge in [0.2, 0.25) is 0 Å². The molecule has 3 rings (SSSR count). The van der Waals surface area contributed by atoms with Crippen molar-refractivity contribution < 1.29 is 0 Å². The van der Waals surface area contributed by atoms with Gasteiger partial charge in [0.25, 0.3) is 0 Å². The predicted octanol–water partition coefficient (Wildman–Crippen LogP) is 3.23. The van der Waals surface area contributed by atoms with Crippen LogP contribution in [0.2, 0.25) is 0 Å². The van der Waals surface area contributed by atoms with Gasteiger partial charge in [-0.15, -0.1) is 0 Å². The van der Waals surface area contributed by atoms with Crippen molar-refractivity contribution in [2.24, 2.45) is 0 Å². The minimum absolute atomic E-state index is 0.599. The summed E-state index contributed by atoms with van der Waals surface area (Å²) in [7, 11) is 0. The molecule has 0 bridgehead atoms. The number of aromatic nitrogens is 3. The van der Waals surface area contributed by atoms with Gasteiger partial charge >= 0.3 is 0 Å². The van der Waals surface area contributed by atoms with Crippen LogP contribution in [0.1, 0.15) is 44.6 Å². The first-order valence-electron chi connectivity index (χ1n) is 7.11. The van der Waals surface area contributed by atoms with Gasteiger partial charge in [-0.25, -0.2) is 9.97 Å². The second-order valence-corrected chi connectivity index (χ2v) is 5.97. The second-order valence-electron chi connectivity index (χ2n) is 5.09. The highest BCUT2D eigenvalue weighted by Gasteiger charge is 2.18.